The summed E-state index contributed by atoms with van der Waals surface area (Å²) in [7, 11) is 0. The largest absolute Gasteiger partial charge is 2.00 e. The Morgan fingerprint density at radius 1 is 0.600 bits per heavy atom. The molecule has 0 atom stereocenters. The third-order valence-electron chi connectivity index (χ3n) is 5.32. The first-order valence-corrected chi connectivity index (χ1v) is 11.5. The predicted molar refractivity (Wildman–Crippen MR) is 135 cm³/mol. The molecule has 0 amide bonds. The summed E-state index contributed by atoms with van der Waals surface area (Å²) in [5.41, 5.74) is 6.21. The van der Waals surface area contributed by atoms with Gasteiger partial charge in [-0.2, -0.15) is 0 Å². The molecule has 8 heteroatoms. The maximum Gasteiger partial charge on any atom is 2.00 e. The zero-order chi connectivity index (χ0) is 25.1. The first-order valence-electron chi connectivity index (χ1n) is 11.5. The third-order valence-corrected chi connectivity index (χ3v) is 5.32. The van der Waals surface area contributed by atoms with Crippen LogP contribution in [0.4, 0.5) is 0 Å². The van der Waals surface area contributed by atoms with E-state index in [4.69, 9.17) is 0 Å². The van der Waals surface area contributed by atoms with Crippen molar-refractivity contribution >= 4 is 0 Å². The average molecular weight is 653 g/mol. The van der Waals surface area contributed by atoms with Gasteiger partial charge >= 0.3 is 21.1 Å². The molecule has 0 saturated heterocycles. The van der Waals surface area contributed by atoms with Crippen LogP contribution in [0, 0.1) is 0 Å². The molecule has 0 bridgehead atoms. The Balaban J connectivity index is 0.000000332. The van der Waals surface area contributed by atoms with Crippen LogP contribution in [0.3, 0.4) is 0 Å². The van der Waals surface area contributed by atoms with E-state index in [1.54, 1.807) is 12.4 Å². The van der Waals surface area contributed by atoms with Crippen molar-refractivity contribution in [1.82, 2.24) is 35.3 Å². The molecule has 4 aromatic heterocycles. The van der Waals surface area contributed by atoms with Crippen LogP contribution in [0.25, 0.3) is 22.8 Å². The summed E-state index contributed by atoms with van der Waals surface area (Å²) in [6, 6.07) is 8.04. The van der Waals surface area contributed by atoms with Gasteiger partial charge in [0.15, 0.2) is 0 Å². The van der Waals surface area contributed by atoms with E-state index in [1.807, 2.05) is 24.5 Å². The second-order valence-corrected chi connectivity index (χ2v) is 11.5. The van der Waals surface area contributed by atoms with Gasteiger partial charge in [0.1, 0.15) is 0 Å². The molecule has 0 saturated carbocycles. The molecule has 35 heavy (non-hydrogen) atoms. The molecule has 0 aliphatic carbocycles. The van der Waals surface area contributed by atoms with Crippen LogP contribution in [0.1, 0.15) is 79.3 Å². The fourth-order valence-electron chi connectivity index (χ4n) is 3.04. The first-order chi connectivity index (χ1) is 15.7. The molecule has 7 nitrogen and oxygen atoms in total. The summed E-state index contributed by atoms with van der Waals surface area (Å²) in [5.74, 6) is 0. The maximum absolute atomic E-state index is 4.64. The average Bonchev–Trinajstić information content (AvgIpc) is 3.44. The quantitative estimate of drug-likeness (QED) is 0.283. The van der Waals surface area contributed by atoms with Crippen molar-refractivity contribution in [3.63, 3.8) is 0 Å². The molecule has 0 spiro atoms. The summed E-state index contributed by atoms with van der Waals surface area (Å²) < 4.78 is 0. The minimum absolute atomic E-state index is 0. The van der Waals surface area contributed by atoms with Crippen LogP contribution in [-0.2, 0) is 37.3 Å². The van der Waals surface area contributed by atoms with Crippen LogP contribution < -0.4 is 10.2 Å². The van der Waals surface area contributed by atoms with Crippen LogP contribution >= 0.6 is 0 Å². The summed E-state index contributed by atoms with van der Waals surface area (Å²) in [5, 5.41) is 17.0. The molecule has 0 aromatic carbocycles. The molecule has 0 unspecified atom stereocenters. The number of nitrogens with zero attached hydrogens (tertiary/aromatic N) is 7. The van der Waals surface area contributed by atoms with Crippen LogP contribution in [0.15, 0.2) is 49.1 Å². The summed E-state index contributed by atoms with van der Waals surface area (Å²) in [6.45, 7) is 19.2. The monoisotopic (exact) mass is 652 g/mol. The smallest absolute Gasteiger partial charge is 0.573 e. The van der Waals surface area contributed by atoms with Crippen LogP contribution in [0.5, 0.6) is 0 Å². The molecule has 0 aliphatic heterocycles. The first kappa shape index (κ1) is 28.6. The molecule has 188 valence electrons. The molecular formula is C27H35N7Pt. The van der Waals surface area contributed by atoms with Gasteiger partial charge < -0.3 is 20.4 Å². The fourth-order valence-corrected chi connectivity index (χ4v) is 3.04. The molecule has 0 aliphatic rings. The van der Waals surface area contributed by atoms with Crippen molar-refractivity contribution in [1.29, 1.82) is 0 Å². The van der Waals surface area contributed by atoms with Gasteiger partial charge in [0, 0.05) is 34.6 Å². The minimum Gasteiger partial charge on any atom is -0.573 e. The Morgan fingerprint density at radius 2 is 1.03 bits per heavy atom. The number of hydrogen-bond acceptors (Lipinski definition) is 5. The molecule has 4 aromatic rings. The van der Waals surface area contributed by atoms with Crippen molar-refractivity contribution in [2.75, 3.05) is 0 Å². The van der Waals surface area contributed by atoms with Gasteiger partial charge in [0.05, 0.1) is 23.8 Å². The summed E-state index contributed by atoms with van der Waals surface area (Å²) in [4.78, 5) is 12.9. The maximum atomic E-state index is 4.64. The second kappa shape index (κ2) is 10.9. The SMILES string of the molecule is CC(C)(C)c1cc(-c2cncc(-c3cc(C(C)(C)C)n[n-]3)n2)[n-]n1.CC(C)(C)c1ccncc1.[Pt+2]. The van der Waals surface area contributed by atoms with E-state index < -0.39 is 0 Å². The Bertz CT molecular complexity index is 1140. The van der Waals surface area contributed by atoms with E-state index in [9.17, 15) is 0 Å². The predicted octanol–water partition coefficient (Wildman–Crippen LogP) is 5.49. The summed E-state index contributed by atoms with van der Waals surface area (Å²) >= 11 is 0. The Kier molecular flexibility index (Phi) is 8.93. The van der Waals surface area contributed by atoms with E-state index >= 15 is 0 Å². The van der Waals surface area contributed by atoms with Gasteiger partial charge in [0.25, 0.3) is 0 Å². The fraction of sp³-hybridized carbons (Fsp3) is 0.444. The topological polar surface area (TPSA) is 92.7 Å². The molecule has 0 radical (unpaired) electrons. The molecular weight excluding hydrogens is 617 g/mol. The molecule has 0 N–H and O–H groups in total. The van der Waals surface area contributed by atoms with Gasteiger partial charge in [-0.15, -0.1) is 0 Å². The van der Waals surface area contributed by atoms with Crippen LogP contribution in [-0.4, -0.2) is 25.1 Å². The number of aromatic nitrogens is 7. The van der Waals surface area contributed by atoms with E-state index in [0.717, 1.165) is 22.8 Å². The van der Waals surface area contributed by atoms with E-state index in [2.05, 4.69) is 110 Å². The summed E-state index contributed by atoms with van der Waals surface area (Å²) in [6.07, 6.45) is 7.06. The van der Waals surface area contributed by atoms with Crippen molar-refractivity contribution < 1.29 is 21.1 Å². The zero-order valence-electron chi connectivity index (χ0n) is 22.1. The van der Waals surface area contributed by atoms with Crippen LogP contribution in [0.2, 0.25) is 0 Å². The van der Waals surface area contributed by atoms with Gasteiger partial charge in [-0.25, -0.2) is 4.98 Å². The molecule has 4 heterocycles. The second-order valence-electron chi connectivity index (χ2n) is 11.5. The van der Waals surface area contributed by atoms with Gasteiger partial charge in [-0.3, -0.25) is 9.97 Å². The minimum atomic E-state index is -0.0466. The van der Waals surface area contributed by atoms with Crippen molar-refractivity contribution in [3.05, 3.63) is 66.0 Å². The Morgan fingerprint density at radius 3 is 1.34 bits per heavy atom. The molecule has 0 fully saturated rings. The molecule has 4 rings (SSSR count). The Hall–Kier alpha value is -2.66. The normalized spacial score (nSPS) is 11.9. The third kappa shape index (κ3) is 7.66. The van der Waals surface area contributed by atoms with E-state index in [-0.39, 0.29) is 37.3 Å². The van der Waals surface area contributed by atoms with Gasteiger partial charge in [-0.1, -0.05) is 85.8 Å². The van der Waals surface area contributed by atoms with E-state index in [0.29, 0.717) is 11.4 Å². The van der Waals surface area contributed by atoms with Crippen molar-refractivity contribution in [2.45, 2.75) is 78.6 Å². The number of rotatable bonds is 2. The van der Waals surface area contributed by atoms with Gasteiger partial charge in [0.2, 0.25) is 0 Å². The van der Waals surface area contributed by atoms with Gasteiger partial charge in [-0.05, 0) is 23.1 Å². The number of pyridine rings is 1. The van der Waals surface area contributed by atoms with Crippen molar-refractivity contribution in [3.8, 4) is 22.8 Å². The standard InChI is InChI=1S/C18H22N6.C9H13N.Pt/c1-17(2,3)15-7-11(21-23-15)13-9-19-10-14(20-13)12-8-16(24-22-12)18(4,5)6;1-9(2,3)8-4-6-10-7-5-8;/h7-10H,1-6H3;4-7H,1-3H3;/q-2;;+2. The van der Waals surface area contributed by atoms with E-state index in [1.165, 1.54) is 5.56 Å². The zero-order valence-corrected chi connectivity index (χ0v) is 24.3. The van der Waals surface area contributed by atoms with Crippen molar-refractivity contribution in [2.24, 2.45) is 0 Å². The number of hydrogen-bond donors (Lipinski definition) is 0. The Labute approximate surface area is 223 Å².